The van der Waals surface area contributed by atoms with E-state index in [0.29, 0.717) is 11.8 Å². The number of ether oxygens (including phenoxy) is 1. The van der Waals surface area contributed by atoms with E-state index >= 15 is 0 Å². The predicted molar refractivity (Wildman–Crippen MR) is 68.1 cm³/mol. The van der Waals surface area contributed by atoms with Gasteiger partial charge < -0.3 is 10.1 Å². The average molecular weight is 237 g/mol. The van der Waals surface area contributed by atoms with E-state index < -0.39 is 0 Å². The molecule has 1 aliphatic carbocycles. The van der Waals surface area contributed by atoms with E-state index in [-0.39, 0.29) is 5.82 Å². The molecule has 0 atom stereocenters. The molecule has 94 valence electrons. The molecule has 17 heavy (non-hydrogen) atoms. The lowest BCUT2D eigenvalue weighted by Crippen LogP contribution is -2.18. The van der Waals surface area contributed by atoms with Gasteiger partial charge in [-0.15, -0.1) is 0 Å². The Morgan fingerprint density at radius 1 is 1.18 bits per heavy atom. The van der Waals surface area contributed by atoms with Gasteiger partial charge in [-0.05, 0) is 25.0 Å². The molecule has 2 nitrogen and oxygen atoms in total. The lowest BCUT2D eigenvalue weighted by molar-refractivity contribution is 0.412. The molecule has 0 unspecified atom stereocenters. The number of benzene rings is 1. The van der Waals surface area contributed by atoms with Crippen LogP contribution >= 0.6 is 0 Å². The molecule has 0 bridgehead atoms. The molecular weight excluding hydrogens is 217 g/mol. The van der Waals surface area contributed by atoms with Crippen LogP contribution in [0.5, 0.6) is 5.75 Å². The topological polar surface area (TPSA) is 21.3 Å². The van der Waals surface area contributed by atoms with Crippen molar-refractivity contribution in [1.29, 1.82) is 0 Å². The molecule has 2 rings (SSSR count). The summed E-state index contributed by atoms with van der Waals surface area (Å²) >= 11 is 0. The first-order valence-corrected chi connectivity index (χ1v) is 6.39. The Kier molecular flexibility index (Phi) is 4.24. The zero-order valence-electron chi connectivity index (χ0n) is 10.3. The van der Waals surface area contributed by atoms with Gasteiger partial charge in [-0.25, -0.2) is 4.39 Å². The van der Waals surface area contributed by atoms with Gasteiger partial charge in [-0.3, -0.25) is 0 Å². The Morgan fingerprint density at radius 2 is 1.88 bits per heavy atom. The van der Waals surface area contributed by atoms with Crippen LogP contribution in [0, 0.1) is 5.82 Å². The van der Waals surface area contributed by atoms with Crippen LogP contribution in [-0.2, 0) is 0 Å². The molecule has 0 heterocycles. The van der Waals surface area contributed by atoms with Gasteiger partial charge in [-0.1, -0.05) is 25.7 Å². The lowest BCUT2D eigenvalue weighted by Gasteiger charge is -2.19. The van der Waals surface area contributed by atoms with Gasteiger partial charge >= 0.3 is 0 Å². The molecule has 0 aliphatic heterocycles. The summed E-state index contributed by atoms with van der Waals surface area (Å²) < 4.78 is 18.3. The second-order valence-electron chi connectivity index (χ2n) is 4.68. The predicted octanol–water partition coefficient (Wildman–Crippen LogP) is 3.97. The summed E-state index contributed by atoms with van der Waals surface area (Å²) in [7, 11) is 1.58. The fourth-order valence-corrected chi connectivity index (χ4v) is 2.43. The molecule has 0 saturated heterocycles. The number of halogens is 1. The minimum Gasteiger partial charge on any atom is -0.494 e. The van der Waals surface area contributed by atoms with Gasteiger partial charge in [0.05, 0.1) is 12.8 Å². The normalized spacial score (nSPS) is 17.5. The second kappa shape index (κ2) is 5.89. The zero-order valence-corrected chi connectivity index (χ0v) is 10.3. The largest absolute Gasteiger partial charge is 0.494 e. The first-order valence-electron chi connectivity index (χ1n) is 6.39. The van der Waals surface area contributed by atoms with Crippen LogP contribution in [0.15, 0.2) is 18.2 Å². The van der Waals surface area contributed by atoms with Crippen LogP contribution in [0.3, 0.4) is 0 Å². The van der Waals surface area contributed by atoms with Gasteiger partial charge in [-0.2, -0.15) is 0 Å². The summed E-state index contributed by atoms with van der Waals surface area (Å²) in [6, 6.07) is 5.16. The highest BCUT2D eigenvalue weighted by molar-refractivity contribution is 5.57. The van der Waals surface area contributed by atoms with Crippen molar-refractivity contribution in [2.75, 3.05) is 12.4 Å². The van der Waals surface area contributed by atoms with Crippen LogP contribution in [0.4, 0.5) is 10.1 Å². The molecule has 0 spiro atoms. The second-order valence-corrected chi connectivity index (χ2v) is 4.68. The minimum atomic E-state index is -0.256. The zero-order chi connectivity index (χ0) is 12.1. The first kappa shape index (κ1) is 12.2. The highest BCUT2D eigenvalue weighted by Gasteiger charge is 2.14. The van der Waals surface area contributed by atoms with Gasteiger partial charge in [0.15, 0.2) is 0 Å². The van der Waals surface area contributed by atoms with Crippen LogP contribution in [0.1, 0.15) is 38.5 Å². The van der Waals surface area contributed by atoms with Gasteiger partial charge in [0.25, 0.3) is 0 Å². The van der Waals surface area contributed by atoms with Crippen LogP contribution in [0.25, 0.3) is 0 Å². The van der Waals surface area contributed by atoms with Crippen molar-refractivity contribution in [1.82, 2.24) is 0 Å². The summed E-state index contributed by atoms with van der Waals surface area (Å²) in [6.45, 7) is 0. The van der Waals surface area contributed by atoms with Gasteiger partial charge in [0, 0.05) is 12.1 Å². The quantitative estimate of drug-likeness (QED) is 0.803. The Morgan fingerprint density at radius 3 is 2.53 bits per heavy atom. The SMILES string of the molecule is COc1cc(F)ccc1NC1CCCCCC1. The number of hydrogen-bond donors (Lipinski definition) is 1. The van der Waals surface area contributed by atoms with E-state index in [0.717, 1.165) is 5.69 Å². The van der Waals surface area contributed by atoms with E-state index in [1.54, 1.807) is 13.2 Å². The summed E-state index contributed by atoms with van der Waals surface area (Å²) in [6.07, 6.45) is 7.61. The van der Waals surface area contributed by atoms with Crippen LogP contribution in [0.2, 0.25) is 0 Å². The van der Waals surface area contributed by atoms with Crippen LogP contribution < -0.4 is 10.1 Å². The molecule has 1 aliphatic rings. The fraction of sp³-hybridized carbons (Fsp3) is 0.571. The highest BCUT2D eigenvalue weighted by atomic mass is 19.1. The fourth-order valence-electron chi connectivity index (χ4n) is 2.43. The van der Waals surface area contributed by atoms with Crippen molar-refractivity contribution in [2.45, 2.75) is 44.6 Å². The van der Waals surface area contributed by atoms with Crippen molar-refractivity contribution >= 4 is 5.69 Å². The van der Waals surface area contributed by atoms with Crippen molar-refractivity contribution in [3.63, 3.8) is 0 Å². The first-order chi connectivity index (χ1) is 8.29. The number of rotatable bonds is 3. The van der Waals surface area contributed by atoms with Crippen molar-refractivity contribution in [3.8, 4) is 5.75 Å². The summed E-state index contributed by atoms with van der Waals surface area (Å²) in [4.78, 5) is 0. The molecule has 1 saturated carbocycles. The molecular formula is C14H20FNO. The molecule has 1 fully saturated rings. The smallest absolute Gasteiger partial charge is 0.144 e. The summed E-state index contributed by atoms with van der Waals surface area (Å²) in [5.74, 6) is 0.336. The van der Waals surface area contributed by atoms with Crippen molar-refractivity contribution < 1.29 is 9.13 Å². The molecule has 1 aromatic carbocycles. The summed E-state index contributed by atoms with van der Waals surface area (Å²) in [5.41, 5.74) is 0.904. The van der Waals surface area contributed by atoms with Gasteiger partial charge in [0.1, 0.15) is 11.6 Å². The van der Waals surface area contributed by atoms with E-state index in [4.69, 9.17) is 4.74 Å². The maximum Gasteiger partial charge on any atom is 0.144 e. The molecule has 3 heteroatoms. The highest BCUT2D eigenvalue weighted by Crippen LogP contribution is 2.28. The van der Waals surface area contributed by atoms with Crippen molar-refractivity contribution in [3.05, 3.63) is 24.0 Å². The third kappa shape index (κ3) is 3.35. The molecule has 0 radical (unpaired) electrons. The standard InChI is InChI=1S/C14H20FNO/c1-17-14-10-11(15)8-9-13(14)16-12-6-4-2-3-5-7-12/h8-10,12,16H,2-7H2,1H3. The monoisotopic (exact) mass is 237 g/mol. The maximum absolute atomic E-state index is 13.1. The number of methoxy groups -OCH3 is 1. The van der Waals surface area contributed by atoms with Crippen LogP contribution in [-0.4, -0.2) is 13.2 Å². The number of hydrogen-bond acceptors (Lipinski definition) is 2. The Bertz CT molecular complexity index is 359. The Labute approximate surface area is 102 Å². The Hall–Kier alpha value is -1.25. The maximum atomic E-state index is 13.1. The number of anilines is 1. The van der Waals surface area contributed by atoms with E-state index in [1.165, 1.54) is 50.7 Å². The molecule has 0 amide bonds. The van der Waals surface area contributed by atoms with E-state index in [1.807, 2.05) is 0 Å². The molecule has 1 aromatic rings. The summed E-state index contributed by atoms with van der Waals surface area (Å²) in [5, 5.41) is 3.48. The minimum absolute atomic E-state index is 0.256. The third-order valence-electron chi connectivity index (χ3n) is 3.38. The van der Waals surface area contributed by atoms with Crippen molar-refractivity contribution in [2.24, 2.45) is 0 Å². The van der Waals surface area contributed by atoms with Gasteiger partial charge in [0.2, 0.25) is 0 Å². The molecule has 1 N–H and O–H groups in total. The lowest BCUT2D eigenvalue weighted by atomic mass is 10.1. The number of nitrogens with one attached hydrogen (secondary N) is 1. The average Bonchev–Trinajstić information content (AvgIpc) is 2.60. The van der Waals surface area contributed by atoms with E-state index in [9.17, 15) is 4.39 Å². The Balaban J connectivity index is 2.06. The third-order valence-corrected chi connectivity index (χ3v) is 3.38. The molecule has 0 aromatic heterocycles. The van der Waals surface area contributed by atoms with E-state index in [2.05, 4.69) is 5.32 Å².